The summed E-state index contributed by atoms with van der Waals surface area (Å²) < 4.78 is 0. The van der Waals surface area contributed by atoms with Crippen molar-refractivity contribution in [2.24, 2.45) is 0 Å². The summed E-state index contributed by atoms with van der Waals surface area (Å²) in [6.45, 7) is 0. The van der Waals surface area contributed by atoms with Crippen molar-refractivity contribution >= 4 is 18.4 Å². The second-order valence-electron chi connectivity index (χ2n) is 1.10. The highest BCUT2D eigenvalue weighted by atomic mass is 29.2. The van der Waals surface area contributed by atoms with Gasteiger partial charge in [-0.2, -0.15) is 11.1 Å². The van der Waals surface area contributed by atoms with E-state index >= 15 is 0 Å². The molecule has 1 aliphatic heterocycles. The molecular formula is H8N4Si2. The van der Waals surface area contributed by atoms with Gasteiger partial charge >= 0.3 is 0 Å². The van der Waals surface area contributed by atoms with E-state index < -0.39 is 0 Å². The minimum Gasteiger partial charge on any atom is -0.274 e. The smallest absolute Gasteiger partial charge is 0.115 e. The SMILES string of the molecule is N1NN[SiH2][SiH2]N1. The molecule has 0 aliphatic carbocycles. The molecule has 0 spiro atoms. The van der Waals surface area contributed by atoms with E-state index in [1.54, 1.807) is 0 Å². The molecule has 0 aromatic rings. The molecule has 0 bridgehead atoms. The van der Waals surface area contributed by atoms with Crippen LogP contribution in [0.5, 0.6) is 0 Å². The monoisotopic (exact) mass is 120 g/mol. The predicted octanol–water partition coefficient (Wildman–Crippen LogP) is -3.81. The Morgan fingerprint density at radius 2 is 1.33 bits per heavy atom. The Labute approximate surface area is 40.6 Å². The molecule has 1 saturated heterocycles. The molecule has 4 nitrogen and oxygen atoms in total. The zero-order chi connectivity index (χ0) is 4.24. The highest BCUT2D eigenvalue weighted by molar-refractivity contribution is 6.98. The van der Waals surface area contributed by atoms with Gasteiger partial charge in [-0.1, -0.05) is 0 Å². The van der Waals surface area contributed by atoms with Crippen LogP contribution in [0, 0.1) is 0 Å². The van der Waals surface area contributed by atoms with Crippen molar-refractivity contribution in [3.63, 3.8) is 0 Å². The molecule has 0 saturated carbocycles. The molecule has 1 rings (SSSR count). The lowest BCUT2D eigenvalue weighted by molar-refractivity contribution is 0.486. The van der Waals surface area contributed by atoms with Crippen molar-refractivity contribution in [1.29, 1.82) is 0 Å². The zero-order valence-corrected chi connectivity index (χ0v) is 6.24. The van der Waals surface area contributed by atoms with Crippen LogP contribution in [0.1, 0.15) is 0 Å². The van der Waals surface area contributed by atoms with Crippen LogP contribution in [0.15, 0.2) is 0 Å². The van der Waals surface area contributed by atoms with Crippen molar-refractivity contribution < 1.29 is 0 Å². The Bertz CT molecular complexity index is 21.0. The van der Waals surface area contributed by atoms with Gasteiger partial charge in [-0.25, -0.2) is 0 Å². The fraction of sp³-hybridized carbons (Fsp3) is 0. The Morgan fingerprint density at radius 3 is 1.50 bits per heavy atom. The third kappa shape index (κ3) is 1.16. The predicted molar refractivity (Wildman–Crippen MR) is 29.6 cm³/mol. The van der Waals surface area contributed by atoms with E-state index in [0.29, 0.717) is 0 Å². The first-order valence-corrected chi connectivity index (χ1v) is 7.37. The highest BCUT2D eigenvalue weighted by Gasteiger charge is 1.91. The average Bonchev–Trinajstić information content (AvgIpc) is 1.72. The van der Waals surface area contributed by atoms with Gasteiger partial charge in [0.15, 0.2) is 0 Å². The maximum atomic E-state index is 3.06. The zero-order valence-electron chi connectivity index (χ0n) is 3.41. The van der Waals surface area contributed by atoms with Crippen LogP contribution < -0.4 is 21.3 Å². The third-order valence-electron chi connectivity index (χ3n) is 0.614. The fourth-order valence-electron chi connectivity index (χ4n) is 0.338. The number of hydrogen-bond donors (Lipinski definition) is 4. The second-order valence-corrected chi connectivity index (χ2v) is 5.81. The molecular weight excluding hydrogens is 112 g/mol. The highest BCUT2D eigenvalue weighted by Crippen LogP contribution is 1.42. The molecule has 0 unspecified atom stereocenters. The van der Waals surface area contributed by atoms with Gasteiger partial charge in [0.05, 0.1) is 0 Å². The molecule has 0 aromatic carbocycles. The van der Waals surface area contributed by atoms with Crippen LogP contribution in [0.3, 0.4) is 0 Å². The maximum Gasteiger partial charge on any atom is 0.115 e. The Balaban J connectivity index is 2.00. The minimum absolute atomic E-state index is 0.113. The summed E-state index contributed by atoms with van der Waals surface area (Å²) in [6, 6.07) is 0. The lowest BCUT2D eigenvalue weighted by Gasteiger charge is -2.13. The van der Waals surface area contributed by atoms with E-state index in [0.717, 1.165) is 0 Å². The molecule has 0 amide bonds. The average molecular weight is 120 g/mol. The maximum absolute atomic E-state index is 3.06. The van der Waals surface area contributed by atoms with Gasteiger partial charge in [0, 0.05) is 0 Å². The Hall–Kier alpha value is 0.274. The van der Waals surface area contributed by atoms with E-state index in [1.165, 1.54) is 0 Å². The van der Waals surface area contributed by atoms with Gasteiger partial charge in [-0.15, -0.1) is 0 Å². The van der Waals surface area contributed by atoms with Crippen molar-refractivity contribution in [2.75, 3.05) is 0 Å². The molecule has 1 aliphatic rings. The first-order chi connectivity index (χ1) is 3.00. The first-order valence-electron chi connectivity index (χ1n) is 1.96. The standard InChI is InChI=1S/H8N4Si2/c1-2-4-6-5-3-1/h1-4H,5-6H2. The normalized spacial score (nSPS) is 32.0. The molecule has 36 valence electrons. The van der Waals surface area contributed by atoms with E-state index in [-0.39, 0.29) is 18.4 Å². The van der Waals surface area contributed by atoms with E-state index in [9.17, 15) is 0 Å². The van der Waals surface area contributed by atoms with E-state index in [4.69, 9.17) is 0 Å². The second kappa shape index (κ2) is 2.45. The third-order valence-corrected chi connectivity index (χ3v) is 3.97. The molecule has 4 N–H and O–H groups in total. The molecule has 1 fully saturated rings. The number of hydrogen-bond acceptors (Lipinski definition) is 4. The van der Waals surface area contributed by atoms with Crippen molar-refractivity contribution in [3.8, 4) is 0 Å². The van der Waals surface area contributed by atoms with Crippen molar-refractivity contribution in [1.82, 2.24) is 21.3 Å². The van der Waals surface area contributed by atoms with E-state index in [1.807, 2.05) is 0 Å². The molecule has 0 atom stereocenters. The minimum atomic E-state index is 0.113. The van der Waals surface area contributed by atoms with Gasteiger partial charge in [-0.05, 0) is 0 Å². The van der Waals surface area contributed by atoms with Crippen LogP contribution in [-0.4, -0.2) is 18.4 Å². The quantitative estimate of drug-likeness (QED) is 0.248. The molecule has 0 radical (unpaired) electrons. The van der Waals surface area contributed by atoms with Gasteiger partial charge < -0.3 is 0 Å². The lowest BCUT2D eigenvalue weighted by atomic mass is 12.4. The summed E-state index contributed by atoms with van der Waals surface area (Å²) in [5.41, 5.74) is 5.54. The van der Waals surface area contributed by atoms with Gasteiger partial charge in [0.25, 0.3) is 0 Å². The molecule has 0 aromatic heterocycles. The number of rotatable bonds is 0. The first kappa shape index (κ1) is 4.43. The largest absolute Gasteiger partial charge is 0.274 e. The summed E-state index contributed by atoms with van der Waals surface area (Å²) in [6.07, 6.45) is 0. The topological polar surface area (TPSA) is 48.1 Å². The van der Waals surface area contributed by atoms with Gasteiger partial charge in [0.1, 0.15) is 18.4 Å². The van der Waals surface area contributed by atoms with E-state index in [2.05, 4.69) is 21.3 Å². The number of nitrogens with one attached hydrogen (secondary N) is 4. The Kier molecular flexibility index (Phi) is 1.81. The lowest BCUT2D eigenvalue weighted by Crippen LogP contribution is -2.62. The van der Waals surface area contributed by atoms with Crippen LogP contribution in [0.2, 0.25) is 0 Å². The van der Waals surface area contributed by atoms with Crippen LogP contribution in [0.25, 0.3) is 0 Å². The molecule has 1 heterocycles. The van der Waals surface area contributed by atoms with Gasteiger partial charge in [-0.3, -0.25) is 10.2 Å². The van der Waals surface area contributed by atoms with Crippen LogP contribution >= 0.6 is 0 Å². The summed E-state index contributed by atoms with van der Waals surface area (Å²) >= 11 is 0. The van der Waals surface area contributed by atoms with Gasteiger partial charge in [0.2, 0.25) is 0 Å². The van der Waals surface area contributed by atoms with Crippen molar-refractivity contribution in [3.05, 3.63) is 0 Å². The molecule has 6 heteroatoms. The number of hydrazine groups is 3. The Morgan fingerprint density at radius 1 is 0.833 bits per heavy atom. The summed E-state index contributed by atoms with van der Waals surface area (Å²) in [4.78, 5) is 0. The molecule has 6 heavy (non-hydrogen) atoms. The van der Waals surface area contributed by atoms with Crippen molar-refractivity contribution in [2.45, 2.75) is 0 Å². The fourth-order valence-corrected chi connectivity index (χ4v) is 2.52. The van der Waals surface area contributed by atoms with Crippen LogP contribution in [-0.2, 0) is 0 Å². The summed E-state index contributed by atoms with van der Waals surface area (Å²) in [7, 11) is 0.225. The summed E-state index contributed by atoms with van der Waals surface area (Å²) in [5, 5.41) is 6.12. The van der Waals surface area contributed by atoms with Crippen LogP contribution in [0.4, 0.5) is 0 Å². The summed E-state index contributed by atoms with van der Waals surface area (Å²) in [5.74, 6) is 0.